The van der Waals surface area contributed by atoms with Crippen LogP contribution < -0.4 is 10.1 Å². The quantitative estimate of drug-likeness (QED) is 0.765. The highest BCUT2D eigenvalue weighted by Gasteiger charge is 2.23. The lowest BCUT2D eigenvalue weighted by Crippen LogP contribution is -2.35. The molecule has 1 amide bonds. The van der Waals surface area contributed by atoms with Crippen molar-refractivity contribution in [2.45, 2.75) is 39.4 Å². The molecule has 2 atom stereocenters. The molecule has 0 radical (unpaired) electrons. The molecule has 2 rings (SSSR count). The first-order valence-corrected chi connectivity index (χ1v) is 8.41. The molecule has 0 spiro atoms. The lowest BCUT2D eigenvalue weighted by atomic mass is 10.1. The van der Waals surface area contributed by atoms with Crippen molar-refractivity contribution in [1.82, 2.24) is 0 Å². The molecule has 0 aliphatic heterocycles. The summed E-state index contributed by atoms with van der Waals surface area (Å²) in [5.74, 6) is -1.18. The van der Waals surface area contributed by atoms with Gasteiger partial charge in [0.15, 0.2) is 12.2 Å². The van der Waals surface area contributed by atoms with Crippen LogP contribution in [0.1, 0.15) is 26.3 Å². The number of carbonyl (C=O) groups excluding carboxylic acids is 2. The predicted molar refractivity (Wildman–Crippen MR) is 96.5 cm³/mol. The first-order valence-electron chi connectivity index (χ1n) is 8.41. The number of benzene rings is 2. The van der Waals surface area contributed by atoms with Crippen molar-refractivity contribution in [2.75, 3.05) is 5.32 Å². The van der Waals surface area contributed by atoms with E-state index in [4.69, 9.17) is 9.47 Å². The van der Waals surface area contributed by atoms with E-state index in [0.29, 0.717) is 11.4 Å². The molecular formula is C20H22FNO4. The summed E-state index contributed by atoms with van der Waals surface area (Å²) in [7, 11) is 0. The zero-order valence-electron chi connectivity index (χ0n) is 15.0. The summed E-state index contributed by atoms with van der Waals surface area (Å²) in [6.45, 7) is 5.03. The number of hydrogen-bond acceptors (Lipinski definition) is 4. The topological polar surface area (TPSA) is 64.6 Å². The number of anilines is 1. The minimum absolute atomic E-state index is 0.337. The van der Waals surface area contributed by atoms with Crippen LogP contribution in [0.25, 0.3) is 0 Å². The molecule has 0 aromatic heterocycles. The van der Waals surface area contributed by atoms with Gasteiger partial charge < -0.3 is 14.8 Å². The molecule has 2 aromatic carbocycles. The fourth-order valence-electron chi connectivity index (χ4n) is 2.16. The highest BCUT2D eigenvalue weighted by Crippen LogP contribution is 2.14. The fourth-order valence-corrected chi connectivity index (χ4v) is 2.16. The maximum absolute atomic E-state index is 12.9. The monoisotopic (exact) mass is 359 g/mol. The summed E-state index contributed by atoms with van der Waals surface area (Å²) in [5.41, 5.74) is 1.79. The number of carbonyl (C=O) groups is 2. The Labute approximate surface area is 152 Å². The Morgan fingerprint density at radius 3 is 2.19 bits per heavy atom. The molecule has 0 aliphatic carbocycles. The zero-order chi connectivity index (χ0) is 19.1. The zero-order valence-corrected chi connectivity index (χ0v) is 15.0. The van der Waals surface area contributed by atoms with Crippen molar-refractivity contribution in [3.05, 3.63) is 59.9 Å². The number of ether oxygens (including phenoxy) is 2. The Morgan fingerprint density at radius 1 is 1.00 bits per heavy atom. The van der Waals surface area contributed by atoms with Crippen LogP contribution in [0.2, 0.25) is 0 Å². The van der Waals surface area contributed by atoms with Gasteiger partial charge in [0, 0.05) is 5.69 Å². The van der Waals surface area contributed by atoms with Crippen molar-refractivity contribution >= 4 is 17.6 Å². The first kappa shape index (κ1) is 19.4. The highest BCUT2D eigenvalue weighted by atomic mass is 19.1. The third-order valence-electron chi connectivity index (χ3n) is 3.75. The van der Waals surface area contributed by atoms with Gasteiger partial charge in [-0.05, 0) is 62.2 Å². The van der Waals surface area contributed by atoms with Crippen LogP contribution in [0.4, 0.5) is 10.1 Å². The third-order valence-corrected chi connectivity index (χ3v) is 3.75. The molecule has 0 saturated heterocycles. The summed E-state index contributed by atoms with van der Waals surface area (Å²) in [5, 5.41) is 2.69. The van der Waals surface area contributed by atoms with Crippen molar-refractivity contribution in [1.29, 1.82) is 0 Å². The second kappa shape index (κ2) is 8.99. The highest BCUT2D eigenvalue weighted by molar-refractivity contribution is 5.95. The average Bonchev–Trinajstić information content (AvgIpc) is 2.64. The van der Waals surface area contributed by atoms with Gasteiger partial charge in [-0.1, -0.05) is 19.1 Å². The second-order valence-corrected chi connectivity index (χ2v) is 5.83. The molecule has 0 aliphatic rings. The summed E-state index contributed by atoms with van der Waals surface area (Å²) in [6, 6.07) is 12.7. The van der Waals surface area contributed by atoms with E-state index in [9.17, 15) is 14.0 Å². The maximum atomic E-state index is 12.9. The molecule has 2 aromatic rings. The van der Waals surface area contributed by atoms with E-state index in [1.807, 2.05) is 19.1 Å². The van der Waals surface area contributed by atoms with Gasteiger partial charge in [-0.3, -0.25) is 4.79 Å². The van der Waals surface area contributed by atoms with Gasteiger partial charge in [0.05, 0.1) is 0 Å². The standard InChI is InChI=1S/C20H22FNO4/c1-4-15-5-9-17(10-6-15)22-19(23)13(2)26-20(24)14(3)25-18-11-7-16(21)8-12-18/h5-14H,4H2,1-3H3,(H,22,23)/t13-,14+/m0/s1. The molecule has 26 heavy (non-hydrogen) atoms. The van der Waals surface area contributed by atoms with Crippen LogP contribution in [-0.4, -0.2) is 24.1 Å². The summed E-state index contributed by atoms with van der Waals surface area (Å²) < 4.78 is 23.4. The van der Waals surface area contributed by atoms with E-state index >= 15 is 0 Å². The predicted octanol–water partition coefficient (Wildman–Crippen LogP) is 3.73. The van der Waals surface area contributed by atoms with Crippen molar-refractivity contribution in [3.8, 4) is 5.75 Å². The third kappa shape index (κ3) is 5.58. The molecule has 1 N–H and O–H groups in total. The molecular weight excluding hydrogens is 337 g/mol. The molecule has 0 bridgehead atoms. The van der Waals surface area contributed by atoms with Gasteiger partial charge >= 0.3 is 5.97 Å². The van der Waals surface area contributed by atoms with E-state index in [2.05, 4.69) is 5.32 Å². The van der Waals surface area contributed by atoms with Crippen molar-refractivity contribution < 1.29 is 23.5 Å². The van der Waals surface area contributed by atoms with E-state index in [0.717, 1.165) is 12.0 Å². The van der Waals surface area contributed by atoms with Crippen molar-refractivity contribution in [2.24, 2.45) is 0 Å². The first-order chi connectivity index (χ1) is 12.4. The number of hydrogen-bond donors (Lipinski definition) is 1. The summed E-state index contributed by atoms with van der Waals surface area (Å²) >= 11 is 0. The maximum Gasteiger partial charge on any atom is 0.347 e. The fraction of sp³-hybridized carbons (Fsp3) is 0.300. The number of rotatable bonds is 7. The number of amides is 1. The molecule has 6 heteroatoms. The van der Waals surface area contributed by atoms with Crippen LogP contribution in [0.15, 0.2) is 48.5 Å². The van der Waals surface area contributed by atoms with Gasteiger partial charge in [-0.2, -0.15) is 0 Å². The molecule has 138 valence electrons. The van der Waals surface area contributed by atoms with Crippen LogP contribution >= 0.6 is 0 Å². The molecule has 0 fully saturated rings. The Hall–Kier alpha value is -2.89. The smallest absolute Gasteiger partial charge is 0.347 e. The Kier molecular flexibility index (Phi) is 6.72. The number of halogens is 1. The van der Waals surface area contributed by atoms with Gasteiger partial charge in [0.1, 0.15) is 11.6 Å². The Morgan fingerprint density at radius 2 is 1.62 bits per heavy atom. The largest absolute Gasteiger partial charge is 0.479 e. The van der Waals surface area contributed by atoms with Gasteiger partial charge in [0.2, 0.25) is 0 Å². The average molecular weight is 359 g/mol. The minimum Gasteiger partial charge on any atom is -0.479 e. The molecule has 0 unspecified atom stereocenters. The summed E-state index contributed by atoms with van der Waals surface area (Å²) in [4.78, 5) is 24.2. The Bertz CT molecular complexity index is 743. The number of nitrogens with one attached hydrogen (secondary N) is 1. The van der Waals surface area contributed by atoms with Crippen molar-refractivity contribution in [3.63, 3.8) is 0 Å². The molecule has 5 nitrogen and oxygen atoms in total. The molecule has 0 saturated carbocycles. The van der Waals surface area contributed by atoms with Crippen LogP contribution in [-0.2, 0) is 20.7 Å². The Balaban J connectivity index is 1.86. The number of esters is 1. The van der Waals surface area contributed by atoms with E-state index in [-0.39, 0.29) is 0 Å². The lowest BCUT2D eigenvalue weighted by Gasteiger charge is -2.18. The van der Waals surface area contributed by atoms with E-state index in [1.165, 1.54) is 38.1 Å². The van der Waals surface area contributed by atoms with Crippen LogP contribution in [0.3, 0.4) is 0 Å². The van der Waals surface area contributed by atoms with Crippen LogP contribution in [0, 0.1) is 5.82 Å². The van der Waals surface area contributed by atoms with Gasteiger partial charge in [-0.25, -0.2) is 9.18 Å². The van der Waals surface area contributed by atoms with Gasteiger partial charge in [-0.15, -0.1) is 0 Å². The SMILES string of the molecule is CCc1ccc(NC(=O)[C@H](C)OC(=O)[C@@H](C)Oc2ccc(F)cc2)cc1. The van der Waals surface area contributed by atoms with Gasteiger partial charge in [0.25, 0.3) is 5.91 Å². The van der Waals surface area contributed by atoms with Crippen LogP contribution in [0.5, 0.6) is 5.75 Å². The van der Waals surface area contributed by atoms with E-state index < -0.39 is 29.9 Å². The number of aryl methyl sites for hydroxylation is 1. The molecule has 0 heterocycles. The lowest BCUT2D eigenvalue weighted by molar-refractivity contribution is -0.159. The minimum atomic E-state index is -0.979. The van der Waals surface area contributed by atoms with E-state index in [1.54, 1.807) is 12.1 Å². The summed E-state index contributed by atoms with van der Waals surface area (Å²) in [6.07, 6.45) is -0.999. The second-order valence-electron chi connectivity index (χ2n) is 5.83. The normalized spacial score (nSPS) is 12.8.